The highest BCUT2D eigenvalue weighted by Gasteiger charge is 2.16. The van der Waals surface area contributed by atoms with Crippen LogP contribution in [0.3, 0.4) is 0 Å². The third-order valence-corrected chi connectivity index (χ3v) is 3.24. The number of nitrogens with zero attached hydrogens (tertiary/aromatic N) is 5. The highest BCUT2D eigenvalue weighted by atomic mass is 16.2. The van der Waals surface area contributed by atoms with E-state index < -0.39 is 0 Å². The van der Waals surface area contributed by atoms with E-state index in [0.717, 1.165) is 5.56 Å². The summed E-state index contributed by atoms with van der Waals surface area (Å²) in [7, 11) is 0. The molecule has 1 unspecified atom stereocenters. The molecule has 0 saturated carbocycles. The van der Waals surface area contributed by atoms with Crippen molar-refractivity contribution in [1.82, 2.24) is 35.7 Å². The van der Waals surface area contributed by atoms with Gasteiger partial charge in [-0.05, 0) is 17.7 Å². The Labute approximate surface area is 126 Å². The first-order valence-corrected chi connectivity index (χ1v) is 6.83. The summed E-state index contributed by atoms with van der Waals surface area (Å²) in [6.07, 6.45) is 3.65. The SMILES string of the molecule is CC(NC(=O)c1nn[nH]n1)c1cnn(Cc2ccccc2)c1. The van der Waals surface area contributed by atoms with Crippen molar-refractivity contribution in [2.75, 3.05) is 0 Å². The van der Waals surface area contributed by atoms with Crippen LogP contribution in [0.4, 0.5) is 0 Å². The fourth-order valence-corrected chi connectivity index (χ4v) is 2.06. The minimum atomic E-state index is -0.378. The average Bonchev–Trinajstić information content (AvgIpc) is 3.19. The van der Waals surface area contributed by atoms with E-state index in [1.54, 1.807) is 6.20 Å². The van der Waals surface area contributed by atoms with Crippen LogP contribution in [-0.4, -0.2) is 36.3 Å². The van der Waals surface area contributed by atoms with Crippen LogP contribution in [0.25, 0.3) is 0 Å². The summed E-state index contributed by atoms with van der Waals surface area (Å²) in [4.78, 5) is 11.9. The van der Waals surface area contributed by atoms with Crippen molar-refractivity contribution in [1.29, 1.82) is 0 Å². The molecule has 112 valence electrons. The van der Waals surface area contributed by atoms with Gasteiger partial charge < -0.3 is 5.32 Å². The molecule has 22 heavy (non-hydrogen) atoms. The zero-order valence-corrected chi connectivity index (χ0v) is 12.0. The Kier molecular flexibility index (Phi) is 3.90. The molecule has 0 spiro atoms. The van der Waals surface area contributed by atoms with Gasteiger partial charge in [-0.15, -0.1) is 10.2 Å². The molecule has 0 aliphatic rings. The maximum absolute atomic E-state index is 11.9. The van der Waals surface area contributed by atoms with E-state index in [4.69, 9.17) is 0 Å². The van der Waals surface area contributed by atoms with Gasteiger partial charge >= 0.3 is 0 Å². The Balaban J connectivity index is 1.64. The summed E-state index contributed by atoms with van der Waals surface area (Å²) in [5.74, 6) is -0.361. The maximum atomic E-state index is 11.9. The predicted molar refractivity (Wildman–Crippen MR) is 77.8 cm³/mol. The largest absolute Gasteiger partial charge is 0.343 e. The summed E-state index contributed by atoms with van der Waals surface area (Å²) in [6, 6.07) is 9.86. The van der Waals surface area contributed by atoms with E-state index >= 15 is 0 Å². The first-order valence-electron chi connectivity index (χ1n) is 6.83. The Morgan fingerprint density at radius 1 is 1.36 bits per heavy atom. The lowest BCUT2D eigenvalue weighted by molar-refractivity contribution is 0.0929. The Bertz CT molecular complexity index is 736. The number of amides is 1. The van der Waals surface area contributed by atoms with Crippen molar-refractivity contribution in [3.63, 3.8) is 0 Å². The molecule has 2 aromatic heterocycles. The zero-order valence-electron chi connectivity index (χ0n) is 12.0. The third-order valence-electron chi connectivity index (χ3n) is 3.24. The van der Waals surface area contributed by atoms with Gasteiger partial charge in [-0.25, -0.2) is 0 Å². The molecule has 2 N–H and O–H groups in total. The van der Waals surface area contributed by atoms with Crippen LogP contribution in [0.15, 0.2) is 42.7 Å². The van der Waals surface area contributed by atoms with E-state index in [1.165, 1.54) is 5.56 Å². The summed E-state index contributed by atoms with van der Waals surface area (Å²) < 4.78 is 1.83. The average molecular weight is 297 g/mol. The quantitative estimate of drug-likeness (QED) is 0.729. The summed E-state index contributed by atoms with van der Waals surface area (Å²) in [6.45, 7) is 2.56. The molecule has 0 bridgehead atoms. The highest BCUT2D eigenvalue weighted by molar-refractivity contribution is 5.90. The van der Waals surface area contributed by atoms with E-state index in [-0.39, 0.29) is 17.8 Å². The molecule has 0 aliphatic heterocycles. The van der Waals surface area contributed by atoms with Crippen LogP contribution >= 0.6 is 0 Å². The van der Waals surface area contributed by atoms with Crippen molar-refractivity contribution >= 4 is 5.91 Å². The normalized spacial score (nSPS) is 12.0. The topological polar surface area (TPSA) is 101 Å². The standard InChI is InChI=1S/C14H15N7O/c1-10(16-14(22)13-17-19-20-18-13)12-7-15-21(9-12)8-11-5-3-2-4-6-11/h2-7,9-10H,8H2,1H3,(H,16,22)(H,17,18,19,20). The van der Waals surface area contributed by atoms with Gasteiger partial charge in [0.2, 0.25) is 0 Å². The number of aromatic amines is 1. The number of carbonyl (C=O) groups excluding carboxylic acids is 1. The Morgan fingerprint density at radius 3 is 2.91 bits per heavy atom. The number of hydrogen-bond acceptors (Lipinski definition) is 5. The van der Waals surface area contributed by atoms with Crippen LogP contribution < -0.4 is 5.32 Å². The number of rotatable bonds is 5. The monoisotopic (exact) mass is 297 g/mol. The van der Waals surface area contributed by atoms with Crippen molar-refractivity contribution in [2.45, 2.75) is 19.5 Å². The molecule has 0 aliphatic carbocycles. The lowest BCUT2D eigenvalue weighted by atomic mass is 10.2. The number of aromatic nitrogens is 6. The minimum Gasteiger partial charge on any atom is -0.343 e. The molecule has 1 aromatic carbocycles. The van der Waals surface area contributed by atoms with Gasteiger partial charge in [-0.1, -0.05) is 30.3 Å². The summed E-state index contributed by atoms with van der Waals surface area (Å²) >= 11 is 0. The first kappa shape index (κ1) is 13.9. The predicted octanol–water partition coefficient (Wildman–Crippen LogP) is 0.935. The molecule has 8 heteroatoms. The van der Waals surface area contributed by atoms with Crippen LogP contribution in [-0.2, 0) is 6.54 Å². The lowest BCUT2D eigenvalue weighted by Crippen LogP contribution is -2.27. The van der Waals surface area contributed by atoms with E-state index in [1.807, 2.05) is 48.1 Å². The van der Waals surface area contributed by atoms with E-state index in [9.17, 15) is 4.79 Å². The molecule has 0 saturated heterocycles. The smallest absolute Gasteiger partial charge is 0.293 e. The number of hydrogen-bond donors (Lipinski definition) is 2. The molecule has 8 nitrogen and oxygen atoms in total. The van der Waals surface area contributed by atoms with E-state index in [2.05, 4.69) is 31.0 Å². The molecular weight excluding hydrogens is 282 g/mol. The number of nitrogens with one attached hydrogen (secondary N) is 2. The molecule has 3 rings (SSSR count). The second-order valence-corrected chi connectivity index (χ2v) is 4.89. The summed E-state index contributed by atoms with van der Waals surface area (Å²) in [5, 5.41) is 20.0. The Morgan fingerprint density at radius 2 is 2.18 bits per heavy atom. The number of H-pyrrole nitrogens is 1. The number of carbonyl (C=O) groups is 1. The molecular formula is C14H15N7O. The van der Waals surface area contributed by atoms with Crippen LogP contribution in [0.2, 0.25) is 0 Å². The molecule has 3 aromatic rings. The van der Waals surface area contributed by atoms with Gasteiger partial charge in [0.25, 0.3) is 11.7 Å². The zero-order chi connectivity index (χ0) is 15.4. The van der Waals surface area contributed by atoms with Crippen LogP contribution in [0.5, 0.6) is 0 Å². The van der Waals surface area contributed by atoms with Gasteiger partial charge in [-0.2, -0.15) is 10.3 Å². The molecule has 2 heterocycles. The van der Waals surface area contributed by atoms with Crippen molar-refractivity contribution in [2.24, 2.45) is 0 Å². The van der Waals surface area contributed by atoms with Gasteiger partial charge in [0, 0.05) is 11.8 Å². The fourth-order valence-electron chi connectivity index (χ4n) is 2.06. The molecule has 0 fully saturated rings. The Hall–Kier alpha value is -3.03. The van der Waals surface area contributed by atoms with Gasteiger partial charge in [0.15, 0.2) is 0 Å². The van der Waals surface area contributed by atoms with Crippen molar-refractivity contribution in [3.05, 3.63) is 59.7 Å². The first-order chi connectivity index (χ1) is 10.7. The van der Waals surface area contributed by atoms with Gasteiger partial charge in [0.05, 0.1) is 18.8 Å². The van der Waals surface area contributed by atoms with Crippen LogP contribution in [0, 0.1) is 0 Å². The molecule has 1 atom stereocenters. The second-order valence-electron chi connectivity index (χ2n) is 4.89. The second kappa shape index (κ2) is 6.17. The third kappa shape index (κ3) is 3.17. The van der Waals surface area contributed by atoms with Crippen molar-refractivity contribution < 1.29 is 4.79 Å². The minimum absolute atomic E-state index is 0.0172. The maximum Gasteiger partial charge on any atom is 0.293 e. The van der Waals surface area contributed by atoms with Crippen LogP contribution in [0.1, 0.15) is 34.7 Å². The van der Waals surface area contributed by atoms with Gasteiger partial charge in [0.1, 0.15) is 0 Å². The fraction of sp³-hybridized carbons (Fsp3) is 0.214. The van der Waals surface area contributed by atoms with Gasteiger partial charge in [-0.3, -0.25) is 9.48 Å². The number of benzene rings is 1. The molecule has 0 radical (unpaired) electrons. The molecule has 1 amide bonds. The van der Waals surface area contributed by atoms with Crippen molar-refractivity contribution in [3.8, 4) is 0 Å². The van der Waals surface area contributed by atoms with E-state index in [0.29, 0.717) is 6.54 Å². The number of tetrazole rings is 1. The highest BCUT2D eigenvalue weighted by Crippen LogP contribution is 2.12. The lowest BCUT2D eigenvalue weighted by Gasteiger charge is -2.09. The summed E-state index contributed by atoms with van der Waals surface area (Å²) in [5.41, 5.74) is 2.08.